The number of benzene rings is 1. The Balaban J connectivity index is 1.38. The quantitative estimate of drug-likeness (QED) is 0.542. The van der Waals surface area contributed by atoms with Crippen molar-refractivity contribution in [2.24, 2.45) is 10.7 Å². The molecule has 2 aromatic heterocycles. The molecule has 1 aliphatic heterocycles. The highest BCUT2D eigenvalue weighted by Gasteiger charge is 2.15. The van der Waals surface area contributed by atoms with Gasteiger partial charge in [0.2, 0.25) is 0 Å². The van der Waals surface area contributed by atoms with Crippen LogP contribution in [0.5, 0.6) is 0 Å². The van der Waals surface area contributed by atoms with Crippen molar-refractivity contribution in [2.45, 2.75) is 25.5 Å². The molecule has 4 rings (SSSR count). The van der Waals surface area contributed by atoms with E-state index in [-0.39, 0.29) is 6.10 Å². The number of ether oxygens (including phenoxy) is 1. The maximum atomic E-state index is 5.91. The van der Waals surface area contributed by atoms with E-state index in [1.54, 1.807) is 11.3 Å². The van der Waals surface area contributed by atoms with Gasteiger partial charge in [-0.3, -0.25) is 0 Å². The minimum Gasteiger partial charge on any atom is -0.454 e. The summed E-state index contributed by atoms with van der Waals surface area (Å²) in [5.74, 6) is 1.20. The van der Waals surface area contributed by atoms with Crippen molar-refractivity contribution in [2.75, 3.05) is 13.2 Å². The number of nitrogens with two attached hydrogens (primary N) is 1. The van der Waals surface area contributed by atoms with Crippen LogP contribution in [-0.4, -0.2) is 30.2 Å². The van der Waals surface area contributed by atoms with E-state index in [1.807, 2.05) is 35.7 Å². The van der Waals surface area contributed by atoms with Gasteiger partial charge in [-0.1, -0.05) is 18.2 Å². The summed E-state index contributed by atoms with van der Waals surface area (Å²) in [6.45, 7) is 2.00. The molecular weight excluding hydrogens is 336 g/mol. The van der Waals surface area contributed by atoms with Gasteiger partial charge in [0.15, 0.2) is 11.7 Å². The molecule has 0 amide bonds. The van der Waals surface area contributed by atoms with Crippen molar-refractivity contribution in [3.8, 4) is 11.5 Å². The van der Waals surface area contributed by atoms with Crippen molar-refractivity contribution >= 4 is 28.3 Å². The number of nitrogens with one attached hydrogen (secondary N) is 1. The molecule has 0 aliphatic carbocycles. The summed E-state index contributed by atoms with van der Waals surface area (Å²) in [5, 5.41) is 7.07. The van der Waals surface area contributed by atoms with E-state index in [0.717, 1.165) is 46.9 Å². The summed E-state index contributed by atoms with van der Waals surface area (Å²) in [5.41, 5.74) is 7.61. The molecule has 3 heterocycles. The minimum absolute atomic E-state index is 0.244. The molecule has 3 aromatic rings. The predicted octanol–water partition coefficient (Wildman–Crippen LogP) is 3.14. The van der Waals surface area contributed by atoms with Gasteiger partial charge in [-0.2, -0.15) is 0 Å². The second-order valence-electron chi connectivity index (χ2n) is 5.99. The van der Waals surface area contributed by atoms with E-state index in [2.05, 4.69) is 15.3 Å². The van der Waals surface area contributed by atoms with Crippen LogP contribution in [0.15, 0.2) is 45.1 Å². The van der Waals surface area contributed by atoms with Crippen molar-refractivity contribution in [1.82, 2.24) is 10.3 Å². The molecular formula is C18H20N4O2S. The standard InChI is InChI=1S/C18H20N4O2S/c19-18(20-9-13-5-3-7-23-13)21-10-17-22-14(11-25-17)16-8-12-4-1-2-6-15(12)24-16/h1-2,4,6,8,11,13H,3,5,7,9-10H2,(H3,19,20,21). The average Bonchev–Trinajstić information content (AvgIpc) is 3.38. The summed E-state index contributed by atoms with van der Waals surface area (Å²) >= 11 is 1.55. The lowest BCUT2D eigenvalue weighted by molar-refractivity contribution is 0.114. The third-order valence-electron chi connectivity index (χ3n) is 4.15. The summed E-state index contributed by atoms with van der Waals surface area (Å²) < 4.78 is 11.4. The molecule has 25 heavy (non-hydrogen) atoms. The zero-order valence-electron chi connectivity index (χ0n) is 13.8. The van der Waals surface area contributed by atoms with Gasteiger partial charge in [-0.15, -0.1) is 11.3 Å². The van der Waals surface area contributed by atoms with Gasteiger partial charge in [0.25, 0.3) is 0 Å². The molecule has 0 saturated carbocycles. The van der Waals surface area contributed by atoms with E-state index < -0.39 is 0 Å². The SMILES string of the molecule is NC(=NCc1nc(-c2cc3ccccc3o2)cs1)NCC1CCCO1. The second-order valence-corrected chi connectivity index (χ2v) is 6.94. The number of rotatable bonds is 5. The lowest BCUT2D eigenvalue weighted by Crippen LogP contribution is -2.37. The summed E-state index contributed by atoms with van der Waals surface area (Å²) in [4.78, 5) is 8.95. The fraction of sp³-hybridized carbons (Fsp3) is 0.333. The number of aliphatic imine (C=N–C) groups is 1. The Kier molecular flexibility index (Phi) is 4.67. The molecule has 1 atom stereocenters. The summed E-state index contributed by atoms with van der Waals surface area (Å²) in [6, 6.07) is 9.95. The Morgan fingerprint density at radius 2 is 2.32 bits per heavy atom. The summed E-state index contributed by atoms with van der Waals surface area (Å²) in [6.07, 6.45) is 2.44. The smallest absolute Gasteiger partial charge is 0.189 e. The number of thiazole rings is 1. The Bertz CT molecular complexity index is 847. The largest absolute Gasteiger partial charge is 0.454 e. The van der Waals surface area contributed by atoms with Gasteiger partial charge in [-0.05, 0) is 25.0 Å². The predicted molar refractivity (Wildman–Crippen MR) is 99.6 cm³/mol. The maximum absolute atomic E-state index is 5.91. The number of nitrogens with zero attached hydrogens (tertiary/aromatic N) is 2. The number of guanidine groups is 1. The molecule has 1 unspecified atom stereocenters. The van der Waals surface area contributed by atoms with Crippen molar-refractivity contribution in [1.29, 1.82) is 0 Å². The zero-order valence-corrected chi connectivity index (χ0v) is 14.6. The van der Waals surface area contributed by atoms with Crippen LogP contribution in [0.1, 0.15) is 17.8 Å². The van der Waals surface area contributed by atoms with E-state index in [4.69, 9.17) is 14.9 Å². The van der Waals surface area contributed by atoms with Crippen LogP contribution in [0.2, 0.25) is 0 Å². The van der Waals surface area contributed by atoms with Crippen LogP contribution in [0.25, 0.3) is 22.4 Å². The molecule has 0 radical (unpaired) electrons. The summed E-state index contributed by atoms with van der Waals surface area (Å²) in [7, 11) is 0. The number of hydrogen-bond donors (Lipinski definition) is 2. The molecule has 1 aliphatic rings. The molecule has 130 valence electrons. The van der Waals surface area contributed by atoms with Crippen molar-refractivity contribution in [3.63, 3.8) is 0 Å². The molecule has 1 aromatic carbocycles. The van der Waals surface area contributed by atoms with Crippen LogP contribution >= 0.6 is 11.3 Å². The van der Waals surface area contributed by atoms with Gasteiger partial charge in [0.1, 0.15) is 16.3 Å². The van der Waals surface area contributed by atoms with Crippen LogP contribution < -0.4 is 11.1 Å². The average molecular weight is 356 g/mol. The number of aromatic nitrogens is 1. The van der Waals surface area contributed by atoms with Crippen LogP contribution in [0, 0.1) is 0 Å². The highest BCUT2D eigenvalue weighted by atomic mass is 32.1. The van der Waals surface area contributed by atoms with Gasteiger partial charge in [-0.25, -0.2) is 9.98 Å². The minimum atomic E-state index is 0.244. The lowest BCUT2D eigenvalue weighted by Gasteiger charge is -2.10. The van der Waals surface area contributed by atoms with Crippen LogP contribution in [-0.2, 0) is 11.3 Å². The van der Waals surface area contributed by atoms with E-state index >= 15 is 0 Å². The molecule has 7 heteroatoms. The third kappa shape index (κ3) is 3.83. The Hall–Kier alpha value is -2.38. The number of fused-ring (bicyclic) bond motifs is 1. The number of para-hydroxylation sites is 1. The number of furan rings is 1. The Morgan fingerprint density at radius 1 is 1.40 bits per heavy atom. The van der Waals surface area contributed by atoms with Gasteiger partial charge in [0.05, 0.1) is 12.6 Å². The highest BCUT2D eigenvalue weighted by Crippen LogP contribution is 2.28. The van der Waals surface area contributed by atoms with Crippen LogP contribution in [0.4, 0.5) is 0 Å². The topological polar surface area (TPSA) is 85.7 Å². The number of hydrogen-bond acceptors (Lipinski definition) is 5. The molecule has 0 spiro atoms. The maximum Gasteiger partial charge on any atom is 0.189 e. The lowest BCUT2D eigenvalue weighted by atomic mass is 10.2. The van der Waals surface area contributed by atoms with Crippen molar-refractivity contribution < 1.29 is 9.15 Å². The molecule has 1 saturated heterocycles. The second kappa shape index (κ2) is 7.25. The molecule has 3 N–H and O–H groups in total. The van der Waals surface area contributed by atoms with Gasteiger partial charge >= 0.3 is 0 Å². The van der Waals surface area contributed by atoms with E-state index in [1.165, 1.54) is 0 Å². The normalized spacial score (nSPS) is 18.1. The highest BCUT2D eigenvalue weighted by molar-refractivity contribution is 7.09. The molecule has 6 nitrogen and oxygen atoms in total. The first kappa shape index (κ1) is 16.1. The first-order valence-corrected chi connectivity index (χ1v) is 9.24. The fourth-order valence-electron chi connectivity index (χ4n) is 2.84. The first-order valence-electron chi connectivity index (χ1n) is 8.37. The monoisotopic (exact) mass is 356 g/mol. The fourth-order valence-corrected chi connectivity index (χ4v) is 3.54. The molecule has 1 fully saturated rings. The third-order valence-corrected chi connectivity index (χ3v) is 4.98. The zero-order chi connectivity index (χ0) is 17.1. The van der Waals surface area contributed by atoms with E-state index in [0.29, 0.717) is 19.0 Å². The molecule has 0 bridgehead atoms. The first-order chi connectivity index (χ1) is 12.3. The van der Waals surface area contributed by atoms with Crippen LogP contribution in [0.3, 0.4) is 0 Å². The van der Waals surface area contributed by atoms with Crippen molar-refractivity contribution in [3.05, 3.63) is 40.7 Å². The van der Waals surface area contributed by atoms with Gasteiger partial charge < -0.3 is 20.2 Å². The Labute approximate surface area is 149 Å². The van der Waals surface area contributed by atoms with Gasteiger partial charge in [0, 0.05) is 23.9 Å². The van der Waals surface area contributed by atoms with E-state index in [9.17, 15) is 0 Å². The Morgan fingerprint density at radius 3 is 3.16 bits per heavy atom.